The fraction of sp³-hybridized carbons (Fsp3) is 0.318. The molecule has 1 saturated heterocycles. The number of esters is 1. The van der Waals surface area contributed by atoms with E-state index in [1.165, 1.54) is 6.07 Å². The second kappa shape index (κ2) is 9.23. The average molecular weight is 396 g/mol. The van der Waals surface area contributed by atoms with Gasteiger partial charge in [-0.2, -0.15) is 0 Å². The Kier molecular flexibility index (Phi) is 6.49. The van der Waals surface area contributed by atoms with Crippen LogP contribution in [0.3, 0.4) is 0 Å². The average Bonchev–Trinajstić information content (AvgIpc) is 2.74. The monoisotopic (exact) mass is 396 g/mol. The maximum atomic E-state index is 12.3. The van der Waals surface area contributed by atoms with E-state index in [9.17, 15) is 19.5 Å². The molecule has 0 unspecified atom stereocenters. The summed E-state index contributed by atoms with van der Waals surface area (Å²) < 4.78 is 5.08. The van der Waals surface area contributed by atoms with Gasteiger partial charge in [-0.3, -0.25) is 9.59 Å². The number of aromatic carboxylic acids is 1. The summed E-state index contributed by atoms with van der Waals surface area (Å²) >= 11 is 0. The van der Waals surface area contributed by atoms with Crippen LogP contribution in [-0.2, 0) is 9.53 Å². The van der Waals surface area contributed by atoms with Crippen LogP contribution in [-0.4, -0.2) is 42.6 Å². The molecule has 3 rings (SSSR count). The van der Waals surface area contributed by atoms with Crippen molar-refractivity contribution in [1.29, 1.82) is 0 Å². The normalized spacial score (nSPS) is 14.3. The van der Waals surface area contributed by atoms with Gasteiger partial charge in [-0.15, -0.1) is 0 Å². The van der Waals surface area contributed by atoms with Gasteiger partial charge in [0, 0.05) is 24.3 Å². The summed E-state index contributed by atoms with van der Waals surface area (Å²) in [6, 6.07) is 13.6. The third-order valence-electron chi connectivity index (χ3n) is 4.98. The molecule has 0 bridgehead atoms. The number of anilines is 2. The Labute approximate surface area is 169 Å². The minimum absolute atomic E-state index is 0.116. The number of hydrogen-bond acceptors (Lipinski definition) is 5. The van der Waals surface area contributed by atoms with Gasteiger partial charge in [-0.25, -0.2) is 4.79 Å². The van der Waals surface area contributed by atoms with E-state index >= 15 is 0 Å². The van der Waals surface area contributed by atoms with Crippen molar-refractivity contribution >= 4 is 29.2 Å². The number of rotatable bonds is 6. The molecular weight excluding hydrogens is 372 g/mol. The van der Waals surface area contributed by atoms with Crippen LogP contribution in [0, 0.1) is 5.92 Å². The van der Waals surface area contributed by atoms with Crippen LogP contribution < -0.4 is 10.2 Å². The molecular formula is C22H24N2O5. The standard InChI is InChI=1S/C22H24N2O5/c1-2-29-22(28)16-10-12-24(13-11-16)19-9-8-17(14-18(19)21(26)27)23-20(25)15-6-4-3-5-7-15/h3-9,14,16H,2,10-13H2,1H3,(H,23,25)(H,26,27). The maximum absolute atomic E-state index is 12.3. The third-order valence-corrected chi connectivity index (χ3v) is 4.98. The first-order valence-corrected chi connectivity index (χ1v) is 9.65. The van der Waals surface area contributed by atoms with Crippen molar-refractivity contribution in [2.75, 3.05) is 29.9 Å². The summed E-state index contributed by atoms with van der Waals surface area (Å²) in [5.74, 6) is -1.71. The van der Waals surface area contributed by atoms with Gasteiger partial charge in [-0.05, 0) is 50.1 Å². The predicted molar refractivity (Wildman–Crippen MR) is 109 cm³/mol. The highest BCUT2D eigenvalue weighted by molar-refractivity contribution is 6.05. The van der Waals surface area contributed by atoms with Crippen molar-refractivity contribution in [3.8, 4) is 0 Å². The van der Waals surface area contributed by atoms with Crippen molar-refractivity contribution in [3.05, 3.63) is 59.7 Å². The topological polar surface area (TPSA) is 95.9 Å². The van der Waals surface area contributed by atoms with Gasteiger partial charge in [0.2, 0.25) is 0 Å². The highest BCUT2D eigenvalue weighted by Crippen LogP contribution is 2.29. The Morgan fingerprint density at radius 3 is 2.41 bits per heavy atom. The second-order valence-electron chi connectivity index (χ2n) is 6.87. The number of amides is 1. The van der Waals surface area contributed by atoms with Gasteiger partial charge in [0.15, 0.2) is 0 Å². The zero-order chi connectivity index (χ0) is 20.8. The molecule has 1 heterocycles. The Morgan fingerprint density at radius 1 is 1.10 bits per heavy atom. The Bertz CT molecular complexity index is 889. The molecule has 0 spiro atoms. The van der Waals surface area contributed by atoms with E-state index in [0.29, 0.717) is 49.5 Å². The SMILES string of the molecule is CCOC(=O)C1CCN(c2ccc(NC(=O)c3ccccc3)cc2C(=O)O)CC1. The molecule has 7 nitrogen and oxygen atoms in total. The fourth-order valence-corrected chi connectivity index (χ4v) is 3.47. The highest BCUT2D eigenvalue weighted by atomic mass is 16.5. The van der Waals surface area contributed by atoms with E-state index in [2.05, 4.69) is 5.32 Å². The van der Waals surface area contributed by atoms with Gasteiger partial charge < -0.3 is 20.1 Å². The van der Waals surface area contributed by atoms with Gasteiger partial charge in [0.1, 0.15) is 0 Å². The summed E-state index contributed by atoms with van der Waals surface area (Å²) in [6.07, 6.45) is 1.23. The summed E-state index contributed by atoms with van der Waals surface area (Å²) in [5, 5.41) is 12.4. The molecule has 1 aliphatic rings. The Morgan fingerprint density at radius 2 is 1.79 bits per heavy atom. The van der Waals surface area contributed by atoms with Crippen molar-refractivity contribution in [2.45, 2.75) is 19.8 Å². The van der Waals surface area contributed by atoms with E-state index in [1.54, 1.807) is 43.3 Å². The minimum Gasteiger partial charge on any atom is -0.478 e. The number of benzene rings is 2. The molecule has 1 amide bonds. The minimum atomic E-state index is -1.07. The van der Waals surface area contributed by atoms with Crippen molar-refractivity contribution in [1.82, 2.24) is 0 Å². The summed E-state index contributed by atoms with van der Waals surface area (Å²) in [4.78, 5) is 38.0. The number of carbonyl (C=O) groups excluding carboxylic acids is 2. The van der Waals surface area contributed by atoms with Crippen LogP contribution in [0.15, 0.2) is 48.5 Å². The van der Waals surface area contributed by atoms with Crippen LogP contribution in [0.1, 0.15) is 40.5 Å². The Balaban J connectivity index is 1.73. The summed E-state index contributed by atoms with van der Waals surface area (Å²) in [6.45, 7) is 3.28. The number of piperidine rings is 1. The van der Waals surface area contributed by atoms with E-state index in [-0.39, 0.29) is 23.4 Å². The molecule has 152 valence electrons. The first-order valence-electron chi connectivity index (χ1n) is 9.65. The predicted octanol–water partition coefficient (Wildman–Crippen LogP) is 3.42. The van der Waals surface area contributed by atoms with Crippen LogP contribution in [0.5, 0.6) is 0 Å². The van der Waals surface area contributed by atoms with Gasteiger partial charge in [0.25, 0.3) is 5.91 Å². The smallest absolute Gasteiger partial charge is 0.337 e. The zero-order valence-corrected chi connectivity index (χ0v) is 16.3. The quantitative estimate of drug-likeness (QED) is 0.727. The van der Waals surface area contributed by atoms with Crippen LogP contribution in [0.25, 0.3) is 0 Å². The molecule has 1 fully saturated rings. The Hall–Kier alpha value is -3.35. The third kappa shape index (κ3) is 4.93. The lowest BCUT2D eigenvalue weighted by Crippen LogP contribution is -2.37. The number of hydrogen-bond donors (Lipinski definition) is 2. The summed E-state index contributed by atoms with van der Waals surface area (Å²) in [7, 11) is 0. The van der Waals surface area contributed by atoms with Crippen LogP contribution in [0.4, 0.5) is 11.4 Å². The summed E-state index contributed by atoms with van der Waals surface area (Å²) in [5.41, 5.74) is 1.61. The lowest BCUT2D eigenvalue weighted by atomic mass is 9.96. The van der Waals surface area contributed by atoms with Gasteiger partial charge in [0.05, 0.1) is 23.8 Å². The van der Waals surface area contributed by atoms with E-state index in [1.807, 2.05) is 11.0 Å². The first-order chi connectivity index (χ1) is 14.0. The molecule has 1 aliphatic heterocycles. The second-order valence-corrected chi connectivity index (χ2v) is 6.87. The number of carboxylic acid groups (broad SMARTS) is 1. The lowest BCUT2D eigenvalue weighted by Gasteiger charge is -2.33. The molecule has 29 heavy (non-hydrogen) atoms. The number of carbonyl (C=O) groups is 3. The number of nitrogens with zero attached hydrogens (tertiary/aromatic N) is 1. The molecule has 0 atom stereocenters. The molecule has 2 aromatic carbocycles. The lowest BCUT2D eigenvalue weighted by molar-refractivity contribution is -0.148. The molecule has 0 aliphatic carbocycles. The van der Waals surface area contributed by atoms with Gasteiger partial charge >= 0.3 is 11.9 Å². The molecule has 0 saturated carbocycles. The molecule has 0 radical (unpaired) electrons. The maximum Gasteiger partial charge on any atom is 0.337 e. The fourth-order valence-electron chi connectivity index (χ4n) is 3.47. The van der Waals surface area contributed by atoms with Crippen molar-refractivity contribution < 1.29 is 24.2 Å². The van der Waals surface area contributed by atoms with Crippen molar-refractivity contribution in [2.24, 2.45) is 5.92 Å². The highest BCUT2D eigenvalue weighted by Gasteiger charge is 2.28. The molecule has 2 N–H and O–H groups in total. The number of ether oxygens (including phenoxy) is 1. The molecule has 0 aromatic heterocycles. The number of carboxylic acids is 1. The largest absolute Gasteiger partial charge is 0.478 e. The first kappa shape index (κ1) is 20.4. The van der Waals surface area contributed by atoms with Crippen LogP contribution >= 0.6 is 0 Å². The van der Waals surface area contributed by atoms with Crippen LogP contribution in [0.2, 0.25) is 0 Å². The zero-order valence-electron chi connectivity index (χ0n) is 16.3. The molecule has 2 aromatic rings. The number of nitrogens with one attached hydrogen (secondary N) is 1. The molecule has 7 heteroatoms. The van der Waals surface area contributed by atoms with E-state index in [0.717, 1.165) is 0 Å². The van der Waals surface area contributed by atoms with E-state index < -0.39 is 5.97 Å². The van der Waals surface area contributed by atoms with E-state index in [4.69, 9.17) is 4.74 Å². The van der Waals surface area contributed by atoms with Crippen molar-refractivity contribution in [3.63, 3.8) is 0 Å². The van der Waals surface area contributed by atoms with Gasteiger partial charge in [-0.1, -0.05) is 18.2 Å².